The molecule has 0 aliphatic heterocycles. The van der Waals surface area contributed by atoms with Crippen molar-refractivity contribution in [3.05, 3.63) is 65.2 Å². The average molecular weight is 270 g/mol. The third kappa shape index (κ3) is 2.99. The van der Waals surface area contributed by atoms with Gasteiger partial charge in [0.1, 0.15) is 11.7 Å². The first-order chi connectivity index (χ1) is 9.65. The Labute approximate surface area is 119 Å². The van der Waals surface area contributed by atoms with Crippen LogP contribution in [-0.2, 0) is 9.53 Å². The molecule has 0 spiro atoms. The standard InChI is InChI=1S/C17H18O3/c1-12-5-4-6-14(11-12)16(17(18)20-3)13-7-9-15(19-2)10-8-13/h4-11,16H,1-3H3. The number of rotatable bonds is 4. The van der Waals surface area contributed by atoms with E-state index in [4.69, 9.17) is 9.47 Å². The summed E-state index contributed by atoms with van der Waals surface area (Å²) < 4.78 is 10.1. The number of methoxy groups -OCH3 is 2. The molecule has 0 aliphatic rings. The van der Waals surface area contributed by atoms with Crippen molar-refractivity contribution < 1.29 is 14.3 Å². The maximum Gasteiger partial charge on any atom is 0.317 e. The molecule has 0 aromatic heterocycles. The van der Waals surface area contributed by atoms with Crippen molar-refractivity contribution in [1.82, 2.24) is 0 Å². The molecule has 0 radical (unpaired) electrons. The number of ether oxygens (including phenoxy) is 2. The molecule has 1 atom stereocenters. The Bertz CT molecular complexity index is 587. The zero-order chi connectivity index (χ0) is 14.5. The molecule has 2 aromatic carbocycles. The molecular formula is C17H18O3. The number of aryl methyl sites for hydroxylation is 1. The fourth-order valence-electron chi connectivity index (χ4n) is 2.23. The largest absolute Gasteiger partial charge is 0.497 e. The Morgan fingerprint density at radius 3 is 2.25 bits per heavy atom. The zero-order valence-electron chi connectivity index (χ0n) is 11.9. The summed E-state index contributed by atoms with van der Waals surface area (Å²) in [7, 11) is 3.03. The van der Waals surface area contributed by atoms with Crippen LogP contribution in [0.1, 0.15) is 22.6 Å². The van der Waals surface area contributed by atoms with Crippen LogP contribution in [0, 0.1) is 6.92 Å². The first kappa shape index (κ1) is 14.1. The van der Waals surface area contributed by atoms with E-state index in [9.17, 15) is 4.79 Å². The molecular weight excluding hydrogens is 252 g/mol. The molecule has 0 bridgehead atoms. The molecule has 104 valence electrons. The Kier molecular flexibility index (Phi) is 4.41. The fraction of sp³-hybridized carbons (Fsp3) is 0.235. The number of benzene rings is 2. The second-order valence-corrected chi connectivity index (χ2v) is 4.64. The van der Waals surface area contributed by atoms with E-state index in [2.05, 4.69) is 0 Å². The predicted molar refractivity (Wildman–Crippen MR) is 78.0 cm³/mol. The minimum atomic E-state index is -0.411. The maximum absolute atomic E-state index is 12.1. The lowest BCUT2D eigenvalue weighted by Gasteiger charge is -2.16. The monoisotopic (exact) mass is 270 g/mol. The van der Waals surface area contributed by atoms with Crippen molar-refractivity contribution in [3.63, 3.8) is 0 Å². The van der Waals surface area contributed by atoms with Gasteiger partial charge in [-0.15, -0.1) is 0 Å². The first-order valence-electron chi connectivity index (χ1n) is 6.44. The summed E-state index contributed by atoms with van der Waals surface area (Å²) in [6.45, 7) is 2.01. The quantitative estimate of drug-likeness (QED) is 0.800. The molecule has 0 heterocycles. The second kappa shape index (κ2) is 6.24. The SMILES string of the molecule is COC(=O)C(c1ccc(OC)cc1)c1cccc(C)c1. The van der Waals surface area contributed by atoms with Gasteiger partial charge in [0.05, 0.1) is 14.2 Å². The highest BCUT2D eigenvalue weighted by molar-refractivity contribution is 5.82. The van der Waals surface area contributed by atoms with Gasteiger partial charge in [0.2, 0.25) is 0 Å². The summed E-state index contributed by atoms with van der Waals surface area (Å²) in [5.41, 5.74) is 2.94. The van der Waals surface area contributed by atoms with E-state index >= 15 is 0 Å². The molecule has 0 aliphatic carbocycles. The summed E-state index contributed by atoms with van der Waals surface area (Å²) in [4.78, 5) is 12.1. The Morgan fingerprint density at radius 2 is 1.70 bits per heavy atom. The van der Waals surface area contributed by atoms with Crippen LogP contribution in [-0.4, -0.2) is 20.2 Å². The summed E-state index contributed by atoms with van der Waals surface area (Å²) in [6, 6.07) is 15.4. The number of hydrogen-bond donors (Lipinski definition) is 0. The smallest absolute Gasteiger partial charge is 0.317 e. The van der Waals surface area contributed by atoms with Crippen LogP contribution >= 0.6 is 0 Å². The van der Waals surface area contributed by atoms with Crippen LogP contribution in [0.5, 0.6) is 5.75 Å². The van der Waals surface area contributed by atoms with Gasteiger partial charge in [-0.05, 0) is 30.2 Å². The molecule has 3 heteroatoms. The zero-order valence-corrected chi connectivity index (χ0v) is 11.9. The van der Waals surface area contributed by atoms with Gasteiger partial charge in [0.25, 0.3) is 0 Å². The van der Waals surface area contributed by atoms with Crippen LogP contribution in [0.15, 0.2) is 48.5 Å². The maximum atomic E-state index is 12.1. The molecule has 3 nitrogen and oxygen atoms in total. The van der Waals surface area contributed by atoms with Crippen molar-refractivity contribution >= 4 is 5.97 Å². The van der Waals surface area contributed by atoms with Gasteiger partial charge in [-0.2, -0.15) is 0 Å². The molecule has 0 N–H and O–H groups in total. The molecule has 0 saturated heterocycles. The lowest BCUT2D eigenvalue weighted by atomic mass is 9.90. The number of esters is 1. The lowest BCUT2D eigenvalue weighted by Crippen LogP contribution is -2.15. The molecule has 1 unspecified atom stereocenters. The minimum Gasteiger partial charge on any atom is -0.497 e. The third-order valence-corrected chi connectivity index (χ3v) is 3.26. The molecule has 0 saturated carbocycles. The van der Waals surface area contributed by atoms with E-state index in [1.807, 2.05) is 55.5 Å². The molecule has 2 rings (SSSR count). The predicted octanol–water partition coefficient (Wildman–Crippen LogP) is 3.31. The van der Waals surface area contributed by atoms with Gasteiger partial charge in [0.15, 0.2) is 0 Å². The van der Waals surface area contributed by atoms with Gasteiger partial charge in [-0.3, -0.25) is 4.79 Å². The summed E-state index contributed by atoms with van der Waals surface area (Å²) in [6.07, 6.45) is 0. The van der Waals surface area contributed by atoms with Crippen molar-refractivity contribution in [2.45, 2.75) is 12.8 Å². The Hall–Kier alpha value is -2.29. The minimum absolute atomic E-state index is 0.263. The van der Waals surface area contributed by atoms with E-state index in [1.54, 1.807) is 7.11 Å². The van der Waals surface area contributed by atoms with E-state index in [0.29, 0.717) is 0 Å². The van der Waals surface area contributed by atoms with Crippen molar-refractivity contribution in [2.75, 3.05) is 14.2 Å². The summed E-state index contributed by atoms with van der Waals surface area (Å²) in [5, 5.41) is 0. The third-order valence-electron chi connectivity index (χ3n) is 3.26. The Morgan fingerprint density at radius 1 is 1.00 bits per heavy atom. The van der Waals surface area contributed by atoms with Gasteiger partial charge in [-0.1, -0.05) is 42.0 Å². The molecule has 20 heavy (non-hydrogen) atoms. The van der Waals surface area contributed by atoms with Crippen LogP contribution in [0.25, 0.3) is 0 Å². The summed E-state index contributed by atoms with van der Waals surface area (Å²) in [5.74, 6) is 0.0909. The van der Waals surface area contributed by atoms with Crippen LogP contribution in [0.2, 0.25) is 0 Å². The van der Waals surface area contributed by atoms with E-state index < -0.39 is 5.92 Å². The van der Waals surface area contributed by atoms with Gasteiger partial charge >= 0.3 is 5.97 Å². The van der Waals surface area contributed by atoms with Crippen LogP contribution in [0.3, 0.4) is 0 Å². The van der Waals surface area contributed by atoms with Crippen LogP contribution < -0.4 is 4.74 Å². The van der Waals surface area contributed by atoms with Crippen molar-refractivity contribution in [3.8, 4) is 5.75 Å². The lowest BCUT2D eigenvalue weighted by molar-refractivity contribution is -0.141. The number of carbonyl (C=O) groups is 1. The normalized spacial score (nSPS) is 11.8. The van der Waals surface area contributed by atoms with Crippen LogP contribution in [0.4, 0.5) is 0 Å². The fourth-order valence-corrected chi connectivity index (χ4v) is 2.23. The van der Waals surface area contributed by atoms with E-state index in [-0.39, 0.29) is 5.97 Å². The summed E-state index contributed by atoms with van der Waals surface area (Å²) >= 11 is 0. The Balaban J connectivity index is 2.44. The van der Waals surface area contributed by atoms with Gasteiger partial charge < -0.3 is 9.47 Å². The highest BCUT2D eigenvalue weighted by Crippen LogP contribution is 2.28. The van der Waals surface area contributed by atoms with Gasteiger partial charge in [-0.25, -0.2) is 0 Å². The molecule has 0 amide bonds. The van der Waals surface area contributed by atoms with Gasteiger partial charge in [0, 0.05) is 0 Å². The van der Waals surface area contributed by atoms with Crippen molar-refractivity contribution in [2.24, 2.45) is 0 Å². The number of carbonyl (C=O) groups excluding carboxylic acids is 1. The van der Waals surface area contributed by atoms with E-state index in [0.717, 1.165) is 22.4 Å². The van der Waals surface area contributed by atoms with Crippen molar-refractivity contribution in [1.29, 1.82) is 0 Å². The second-order valence-electron chi connectivity index (χ2n) is 4.64. The first-order valence-corrected chi connectivity index (χ1v) is 6.44. The number of hydrogen-bond acceptors (Lipinski definition) is 3. The van der Waals surface area contributed by atoms with E-state index in [1.165, 1.54) is 7.11 Å². The molecule has 2 aromatic rings. The average Bonchev–Trinajstić information content (AvgIpc) is 2.48. The highest BCUT2D eigenvalue weighted by Gasteiger charge is 2.23. The topological polar surface area (TPSA) is 35.5 Å². The highest BCUT2D eigenvalue weighted by atomic mass is 16.5. The molecule has 0 fully saturated rings.